The Kier molecular flexibility index (Phi) is 4.71. The van der Waals surface area contributed by atoms with Crippen LogP contribution in [0.4, 0.5) is 4.79 Å². The number of carbonyl (C=O) groups is 1. The van der Waals surface area contributed by atoms with Crippen LogP contribution in [-0.4, -0.2) is 41.3 Å². The molecular weight excluding hydrogens is 280 g/mol. The average molecular weight is 300 g/mol. The van der Waals surface area contributed by atoms with Gasteiger partial charge in [0.05, 0.1) is 7.11 Å². The summed E-state index contributed by atoms with van der Waals surface area (Å²) in [6, 6.07) is 3.55. The molecule has 1 aromatic heterocycles. The molecule has 0 radical (unpaired) electrons. The second kappa shape index (κ2) is 6.52. The van der Waals surface area contributed by atoms with Gasteiger partial charge in [-0.05, 0) is 24.5 Å². The summed E-state index contributed by atoms with van der Waals surface area (Å²) < 4.78 is 5.13. The molecule has 5 nitrogen and oxygen atoms in total. The predicted octanol–water partition coefficient (Wildman–Crippen LogP) is 2.78. The van der Waals surface area contributed by atoms with Gasteiger partial charge in [-0.2, -0.15) is 0 Å². The Labute approximate surface area is 130 Å². The molecule has 1 saturated heterocycles. The zero-order valence-corrected chi connectivity index (χ0v) is 13.1. The Hall–Kier alpha value is -2.48. The highest BCUT2D eigenvalue weighted by Gasteiger charge is 2.32. The van der Waals surface area contributed by atoms with Crippen molar-refractivity contribution in [2.75, 3.05) is 20.2 Å². The van der Waals surface area contributed by atoms with Crippen molar-refractivity contribution in [3.8, 4) is 17.6 Å². The number of carboxylic acid groups (broad SMARTS) is 1. The van der Waals surface area contributed by atoms with Crippen LogP contribution in [0.1, 0.15) is 26.0 Å². The van der Waals surface area contributed by atoms with Gasteiger partial charge in [0.1, 0.15) is 11.4 Å². The first-order chi connectivity index (χ1) is 10.4. The molecule has 0 spiro atoms. The lowest BCUT2D eigenvalue weighted by Crippen LogP contribution is -2.44. The van der Waals surface area contributed by atoms with Crippen molar-refractivity contribution in [2.45, 2.75) is 20.3 Å². The molecule has 2 heterocycles. The zero-order chi connectivity index (χ0) is 16.2. The summed E-state index contributed by atoms with van der Waals surface area (Å²) in [7, 11) is 1.60. The van der Waals surface area contributed by atoms with Crippen molar-refractivity contribution in [2.24, 2.45) is 5.41 Å². The molecule has 116 valence electrons. The summed E-state index contributed by atoms with van der Waals surface area (Å²) in [4.78, 5) is 16.7. The summed E-state index contributed by atoms with van der Waals surface area (Å²) in [5.74, 6) is 6.74. The highest BCUT2D eigenvalue weighted by molar-refractivity contribution is 5.65. The van der Waals surface area contributed by atoms with Crippen molar-refractivity contribution in [1.82, 2.24) is 9.88 Å². The second-order valence-corrected chi connectivity index (χ2v) is 5.86. The number of ether oxygens (including phenoxy) is 1. The molecule has 0 aromatic carbocycles. The number of methoxy groups -OCH3 is 1. The highest BCUT2D eigenvalue weighted by atomic mass is 16.5. The number of pyridine rings is 1. The number of nitrogens with zero attached hydrogens (tertiary/aromatic N) is 2. The molecule has 1 aliphatic rings. The lowest BCUT2D eigenvalue weighted by Gasteiger charge is -2.38. The third-order valence-corrected chi connectivity index (χ3v) is 3.79. The van der Waals surface area contributed by atoms with E-state index in [1.165, 1.54) is 10.5 Å². The van der Waals surface area contributed by atoms with E-state index in [-0.39, 0.29) is 5.41 Å². The summed E-state index contributed by atoms with van der Waals surface area (Å²) in [6.45, 7) is 5.09. The largest absolute Gasteiger partial charge is 0.497 e. The fourth-order valence-electron chi connectivity index (χ4n) is 2.49. The Morgan fingerprint density at radius 1 is 1.55 bits per heavy atom. The first-order valence-corrected chi connectivity index (χ1v) is 7.11. The van der Waals surface area contributed by atoms with Crippen LogP contribution in [0.25, 0.3) is 0 Å². The number of allylic oxidation sites excluding steroid dienone is 1. The lowest BCUT2D eigenvalue weighted by molar-refractivity contribution is 0.117. The Bertz CT molecular complexity index is 653. The topological polar surface area (TPSA) is 62.7 Å². The lowest BCUT2D eigenvalue weighted by atomic mass is 9.79. The molecule has 22 heavy (non-hydrogen) atoms. The van der Waals surface area contributed by atoms with Gasteiger partial charge >= 0.3 is 6.09 Å². The number of aromatic nitrogens is 1. The minimum atomic E-state index is -0.862. The van der Waals surface area contributed by atoms with Gasteiger partial charge in [-0.1, -0.05) is 25.3 Å². The maximum Gasteiger partial charge on any atom is 0.407 e. The van der Waals surface area contributed by atoms with E-state index in [2.05, 4.69) is 16.8 Å². The van der Waals surface area contributed by atoms with Crippen LogP contribution in [0.3, 0.4) is 0 Å². The molecule has 0 atom stereocenters. The zero-order valence-electron chi connectivity index (χ0n) is 13.1. The highest BCUT2D eigenvalue weighted by Crippen LogP contribution is 2.34. The standard InChI is InChI=1S/C17H20N2O3/c1-17(2)12-19(16(20)21)10-8-13(17)5-4-6-14-11-15(22-3)7-9-18-14/h5,7,9,11H,8,10,12H2,1-3H3,(H,20,21)/b13-5+. The molecule has 1 fully saturated rings. The Balaban J connectivity index is 2.13. The SMILES string of the molecule is COc1ccnc(C#C/C=C2\CCN(C(=O)O)CC2(C)C)c1. The van der Waals surface area contributed by atoms with Crippen LogP contribution in [0.5, 0.6) is 5.75 Å². The Morgan fingerprint density at radius 2 is 2.32 bits per heavy atom. The van der Waals surface area contributed by atoms with Crippen molar-refractivity contribution < 1.29 is 14.6 Å². The fourth-order valence-corrected chi connectivity index (χ4v) is 2.49. The van der Waals surface area contributed by atoms with Gasteiger partial charge in [0.2, 0.25) is 0 Å². The van der Waals surface area contributed by atoms with Gasteiger partial charge in [0.15, 0.2) is 0 Å². The van der Waals surface area contributed by atoms with Gasteiger partial charge in [-0.15, -0.1) is 0 Å². The van der Waals surface area contributed by atoms with Crippen molar-refractivity contribution in [3.63, 3.8) is 0 Å². The second-order valence-electron chi connectivity index (χ2n) is 5.86. The van der Waals surface area contributed by atoms with Crippen LogP contribution in [-0.2, 0) is 0 Å². The monoisotopic (exact) mass is 300 g/mol. The van der Waals surface area contributed by atoms with Crippen molar-refractivity contribution in [1.29, 1.82) is 0 Å². The van der Waals surface area contributed by atoms with E-state index in [0.717, 1.165) is 5.75 Å². The summed E-state index contributed by atoms with van der Waals surface area (Å²) in [5, 5.41) is 9.09. The van der Waals surface area contributed by atoms with E-state index in [1.807, 2.05) is 19.9 Å². The first kappa shape index (κ1) is 15.9. The number of rotatable bonds is 1. The first-order valence-electron chi connectivity index (χ1n) is 7.11. The molecule has 2 rings (SSSR count). The maximum atomic E-state index is 11.1. The van der Waals surface area contributed by atoms with Crippen LogP contribution >= 0.6 is 0 Å². The van der Waals surface area contributed by atoms with E-state index in [4.69, 9.17) is 9.84 Å². The molecule has 0 saturated carbocycles. The molecule has 0 aliphatic carbocycles. The van der Waals surface area contributed by atoms with Gasteiger partial charge in [0.25, 0.3) is 0 Å². The van der Waals surface area contributed by atoms with E-state index >= 15 is 0 Å². The minimum absolute atomic E-state index is 0.201. The summed E-state index contributed by atoms with van der Waals surface area (Å²) in [5.41, 5.74) is 1.62. The maximum absolute atomic E-state index is 11.1. The summed E-state index contributed by atoms with van der Waals surface area (Å²) in [6.07, 6.45) is 3.39. The van der Waals surface area contributed by atoms with Crippen LogP contribution in [0.15, 0.2) is 30.0 Å². The van der Waals surface area contributed by atoms with Gasteiger partial charge < -0.3 is 14.7 Å². The molecule has 1 N–H and O–H groups in total. The van der Waals surface area contributed by atoms with E-state index in [0.29, 0.717) is 25.2 Å². The molecule has 1 aliphatic heterocycles. The minimum Gasteiger partial charge on any atom is -0.497 e. The molecule has 5 heteroatoms. The smallest absolute Gasteiger partial charge is 0.407 e. The normalized spacial score (nSPS) is 18.5. The van der Waals surface area contributed by atoms with Crippen molar-refractivity contribution >= 4 is 6.09 Å². The number of hydrogen-bond donors (Lipinski definition) is 1. The third-order valence-electron chi connectivity index (χ3n) is 3.79. The molecule has 1 amide bonds. The quantitative estimate of drug-likeness (QED) is 0.810. The average Bonchev–Trinajstić information content (AvgIpc) is 2.48. The Morgan fingerprint density at radius 3 is 2.95 bits per heavy atom. The van der Waals surface area contributed by atoms with Crippen molar-refractivity contribution in [3.05, 3.63) is 35.7 Å². The predicted molar refractivity (Wildman–Crippen MR) is 83.7 cm³/mol. The summed E-state index contributed by atoms with van der Waals surface area (Å²) >= 11 is 0. The number of amides is 1. The number of hydrogen-bond acceptors (Lipinski definition) is 3. The molecule has 0 bridgehead atoms. The van der Waals surface area contributed by atoms with Crippen LogP contribution < -0.4 is 4.74 Å². The van der Waals surface area contributed by atoms with E-state index in [1.54, 1.807) is 25.4 Å². The van der Waals surface area contributed by atoms with Gasteiger partial charge in [-0.3, -0.25) is 0 Å². The molecule has 0 unspecified atom stereocenters. The van der Waals surface area contributed by atoms with Crippen LogP contribution in [0.2, 0.25) is 0 Å². The van der Waals surface area contributed by atoms with E-state index in [9.17, 15) is 4.79 Å². The molecular formula is C17H20N2O3. The van der Waals surface area contributed by atoms with Crippen LogP contribution in [0, 0.1) is 17.3 Å². The van der Waals surface area contributed by atoms with Gasteiger partial charge in [0, 0.05) is 30.8 Å². The number of likely N-dealkylation sites (tertiary alicyclic amines) is 1. The van der Waals surface area contributed by atoms with Gasteiger partial charge in [-0.25, -0.2) is 9.78 Å². The number of piperidine rings is 1. The fraction of sp³-hybridized carbons (Fsp3) is 0.412. The third kappa shape index (κ3) is 3.79. The van der Waals surface area contributed by atoms with E-state index < -0.39 is 6.09 Å². The molecule has 1 aromatic rings.